The van der Waals surface area contributed by atoms with E-state index >= 15 is 0 Å². The van der Waals surface area contributed by atoms with Gasteiger partial charge in [0.1, 0.15) is 0 Å². The fourth-order valence-corrected chi connectivity index (χ4v) is 1.84. The lowest BCUT2D eigenvalue weighted by Crippen LogP contribution is -2.20. The Kier molecular flexibility index (Phi) is 4.30. The van der Waals surface area contributed by atoms with Gasteiger partial charge in [0.15, 0.2) is 5.82 Å². The lowest BCUT2D eigenvalue weighted by molar-refractivity contribution is 0.249. The van der Waals surface area contributed by atoms with Gasteiger partial charge in [0.2, 0.25) is 5.65 Å². The normalized spacial score (nSPS) is 11.6. The van der Waals surface area contributed by atoms with Crippen LogP contribution in [0.1, 0.15) is 32.9 Å². The topological polar surface area (TPSA) is 84.3 Å². The Bertz CT molecular complexity index is 681. The highest BCUT2D eigenvalue weighted by molar-refractivity contribution is 5.62. The summed E-state index contributed by atoms with van der Waals surface area (Å²) in [5.74, 6) is 0.597. The molecule has 0 aliphatic carbocycles. The van der Waals surface area contributed by atoms with Crippen molar-refractivity contribution in [1.29, 1.82) is 0 Å². The number of H-pyrrole nitrogens is 1. The van der Waals surface area contributed by atoms with Crippen LogP contribution in [0.4, 0.5) is 5.82 Å². The Hall–Kier alpha value is -2.31. The molecule has 0 aromatic carbocycles. The molecular formula is C14H21N5O2. The first kappa shape index (κ1) is 15.1. The molecule has 0 unspecified atom stereocenters. The van der Waals surface area contributed by atoms with Crippen molar-refractivity contribution in [3.05, 3.63) is 35.2 Å². The van der Waals surface area contributed by atoms with Gasteiger partial charge in [-0.1, -0.05) is 27.4 Å². The zero-order chi connectivity index (χ0) is 15.5. The van der Waals surface area contributed by atoms with Crippen molar-refractivity contribution < 1.29 is 4.74 Å². The monoisotopic (exact) mass is 291 g/mol. The fraction of sp³-hybridized carbons (Fsp3) is 0.500. The van der Waals surface area contributed by atoms with Crippen LogP contribution in [0.2, 0.25) is 0 Å². The molecule has 114 valence electrons. The van der Waals surface area contributed by atoms with Gasteiger partial charge in [0, 0.05) is 18.2 Å². The molecule has 0 amide bonds. The molecule has 0 radical (unpaired) electrons. The van der Waals surface area contributed by atoms with Crippen molar-refractivity contribution in [2.24, 2.45) is 0 Å². The summed E-state index contributed by atoms with van der Waals surface area (Å²) in [6.45, 7) is 10.9. The maximum Gasteiger partial charge on any atom is 0.347 e. The molecule has 2 N–H and O–H groups in total. The lowest BCUT2D eigenvalue weighted by atomic mass is 9.93. The number of hydrogen-bond donors (Lipinski definition) is 2. The predicted molar refractivity (Wildman–Crippen MR) is 81.6 cm³/mol. The Morgan fingerprint density at radius 2 is 2.29 bits per heavy atom. The smallest absolute Gasteiger partial charge is 0.347 e. The molecule has 2 aromatic rings. The van der Waals surface area contributed by atoms with E-state index in [1.165, 1.54) is 10.7 Å². The number of anilines is 1. The summed E-state index contributed by atoms with van der Waals surface area (Å²) in [6, 6.07) is 0. The van der Waals surface area contributed by atoms with Gasteiger partial charge in [-0.25, -0.2) is 19.3 Å². The largest absolute Gasteiger partial charge is 0.502 e. The summed E-state index contributed by atoms with van der Waals surface area (Å²) in [5.41, 5.74) is 0.893. The highest BCUT2D eigenvalue weighted by Crippen LogP contribution is 2.22. The maximum atomic E-state index is 11.8. The van der Waals surface area contributed by atoms with E-state index in [0.717, 1.165) is 12.1 Å². The van der Waals surface area contributed by atoms with Gasteiger partial charge < -0.3 is 10.1 Å². The zero-order valence-corrected chi connectivity index (χ0v) is 12.6. The maximum absolute atomic E-state index is 11.8. The fourth-order valence-electron chi connectivity index (χ4n) is 1.84. The van der Waals surface area contributed by atoms with Gasteiger partial charge >= 0.3 is 5.69 Å². The van der Waals surface area contributed by atoms with E-state index in [1.807, 2.05) is 20.8 Å². The van der Waals surface area contributed by atoms with Crippen molar-refractivity contribution in [2.75, 3.05) is 18.5 Å². The molecule has 21 heavy (non-hydrogen) atoms. The summed E-state index contributed by atoms with van der Waals surface area (Å²) in [5, 5.41) is 9.66. The summed E-state index contributed by atoms with van der Waals surface area (Å²) in [7, 11) is 0. The van der Waals surface area contributed by atoms with Crippen LogP contribution in [0.5, 0.6) is 0 Å². The Morgan fingerprint density at radius 3 is 2.95 bits per heavy atom. The van der Waals surface area contributed by atoms with Crippen LogP contribution < -0.4 is 11.0 Å². The molecule has 2 aromatic heterocycles. The van der Waals surface area contributed by atoms with E-state index in [1.54, 1.807) is 6.20 Å². The van der Waals surface area contributed by atoms with E-state index in [2.05, 4.69) is 27.1 Å². The average molecular weight is 291 g/mol. The second kappa shape index (κ2) is 5.99. The van der Waals surface area contributed by atoms with Crippen molar-refractivity contribution in [2.45, 2.75) is 32.6 Å². The second-order valence-electron chi connectivity index (χ2n) is 5.76. The molecule has 0 aliphatic heterocycles. The molecule has 0 spiro atoms. The number of aromatic amines is 1. The van der Waals surface area contributed by atoms with Crippen molar-refractivity contribution in [3.63, 3.8) is 0 Å². The number of nitrogens with zero attached hydrogens (tertiary/aromatic N) is 3. The number of aromatic nitrogens is 4. The quantitative estimate of drug-likeness (QED) is 0.625. The third-order valence-corrected chi connectivity index (χ3v) is 3.02. The average Bonchev–Trinajstić information content (AvgIpc) is 2.79. The van der Waals surface area contributed by atoms with Crippen molar-refractivity contribution in [3.8, 4) is 0 Å². The number of fused-ring (bicyclic) bond motifs is 1. The lowest BCUT2D eigenvalue weighted by Gasteiger charge is -2.19. The zero-order valence-electron chi connectivity index (χ0n) is 12.6. The summed E-state index contributed by atoms with van der Waals surface area (Å²) >= 11 is 0. The number of hydrogen-bond acceptors (Lipinski definition) is 5. The van der Waals surface area contributed by atoms with Crippen LogP contribution in [0.3, 0.4) is 0 Å². The van der Waals surface area contributed by atoms with Crippen LogP contribution in [0.25, 0.3) is 5.65 Å². The molecule has 0 saturated heterocycles. The minimum atomic E-state index is -0.268. The minimum absolute atomic E-state index is 0.159. The van der Waals surface area contributed by atoms with Gasteiger partial charge in [0.05, 0.1) is 18.6 Å². The molecule has 0 bridgehead atoms. The van der Waals surface area contributed by atoms with Crippen LogP contribution in [0.15, 0.2) is 23.8 Å². The Balaban J connectivity index is 2.28. The first-order valence-corrected chi connectivity index (χ1v) is 6.88. The molecule has 0 aliphatic rings. The summed E-state index contributed by atoms with van der Waals surface area (Å²) in [6.07, 6.45) is 3.95. The molecule has 2 rings (SSSR count). The SMILES string of the molecule is C=COCCCNc1nc(C(C)(C)C)cn2c(=O)[nH]nc12. The second-order valence-corrected chi connectivity index (χ2v) is 5.76. The third kappa shape index (κ3) is 3.42. The third-order valence-electron chi connectivity index (χ3n) is 3.02. The molecular weight excluding hydrogens is 270 g/mol. The molecule has 0 atom stereocenters. The van der Waals surface area contributed by atoms with Gasteiger partial charge in [-0.2, -0.15) is 0 Å². The molecule has 2 heterocycles. The Labute approximate surface area is 123 Å². The van der Waals surface area contributed by atoms with Crippen LogP contribution in [0, 0.1) is 0 Å². The first-order chi connectivity index (χ1) is 9.93. The van der Waals surface area contributed by atoms with Crippen molar-refractivity contribution in [1.82, 2.24) is 19.6 Å². The highest BCUT2D eigenvalue weighted by atomic mass is 16.5. The van der Waals surface area contributed by atoms with Crippen LogP contribution in [-0.4, -0.2) is 32.7 Å². The number of nitrogens with one attached hydrogen (secondary N) is 2. The molecule has 0 saturated carbocycles. The number of rotatable bonds is 6. The van der Waals surface area contributed by atoms with Gasteiger partial charge in [-0.05, 0) is 6.42 Å². The van der Waals surface area contributed by atoms with Crippen molar-refractivity contribution >= 4 is 11.5 Å². The van der Waals surface area contributed by atoms with Gasteiger partial charge in [-0.3, -0.25) is 0 Å². The predicted octanol–water partition coefficient (Wildman–Crippen LogP) is 1.68. The van der Waals surface area contributed by atoms with Crippen LogP contribution >= 0.6 is 0 Å². The molecule has 0 fully saturated rings. The summed E-state index contributed by atoms with van der Waals surface area (Å²) in [4.78, 5) is 16.4. The minimum Gasteiger partial charge on any atom is -0.502 e. The van der Waals surface area contributed by atoms with E-state index < -0.39 is 0 Å². The highest BCUT2D eigenvalue weighted by Gasteiger charge is 2.19. The molecule has 7 heteroatoms. The summed E-state index contributed by atoms with van der Waals surface area (Å²) < 4.78 is 6.55. The molecule has 7 nitrogen and oxygen atoms in total. The van der Waals surface area contributed by atoms with Gasteiger partial charge in [0.25, 0.3) is 0 Å². The van der Waals surface area contributed by atoms with Crippen LogP contribution in [-0.2, 0) is 10.2 Å². The standard InChI is InChI=1S/C14H21N5O2/c1-5-21-8-6-7-15-11-12-17-18-13(20)19(12)9-10(16-11)14(2,3)4/h5,9H,1,6-8H2,2-4H3,(H,15,16)(H,18,20). The van der Waals surface area contributed by atoms with Gasteiger partial charge in [-0.15, -0.1) is 5.10 Å². The first-order valence-electron chi connectivity index (χ1n) is 6.88. The van der Waals surface area contributed by atoms with E-state index in [0.29, 0.717) is 24.6 Å². The van der Waals surface area contributed by atoms with E-state index in [9.17, 15) is 4.79 Å². The number of ether oxygens (including phenoxy) is 1. The van der Waals surface area contributed by atoms with E-state index in [4.69, 9.17) is 4.74 Å². The van der Waals surface area contributed by atoms with E-state index in [-0.39, 0.29) is 11.1 Å². The Morgan fingerprint density at radius 1 is 1.52 bits per heavy atom.